The number of ether oxygens (including phenoxy) is 2. The van der Waals surface area contributed by atoms with Gasteiger partial charge in [-0.1, -0.05) is 6.92 Å². The molecule has 1 aromatic carbocycles. The minimum absolute atomic E-state index is 0.219. The first kappa shape index (κ1) is 29.2. The normalized spacial score (nSPS) is 14.1. The van der Waals surface area contributed by atoms with Gasteiger partial charge >= 0.3 is 6.09 Å². The summed E-state index contributed by atoms with van der Waals surface area (Å²) in [4.78, 5) is 29.9. The molecule has 0 atom stereocenters. The van der Waals surface area contributed by atoms with Crippen LogP contribution in [-0.2, 0) is 22.4 Å². The fraction of sp³-hybridized carbons (Fsp3) is 0.536. The SMILES string of the molecule is CCc1nc(N(N)CC)c(C)c(NC2CCOCC2)c1CNC(=O)c1ccc(NC(=O)OC(C)(C)C)cc1. The standard InChI is InChI=1S/C28H42N6O4/c1-7-23-22(24(31-21-13-15-37-16-14-21)18(3)25(33-23)34(29)8-2)17-30-26(35)19-9-11-20(12-10-19)32-27(36)38-28(4,5)6/h9-12,21H,7-8,13-17,29H2,1-6H3,(H,30,35)(H,31,33)(H,32,36). The van der Waals surface area contributed by atoms with Crippen molar-refractivity contribution >= 4 is 29.2 Å². The van der Waals surface area contributed by atoms with E-state index in [-0.39, 0.29) is 11.9 Å². The van der Waals surface area contributed by atoms with Gasteiger partial charge in [-0.15, -0.1) is 0 Å². The lowest BCUT2D eigenvalue weighted by atomic mass is 10.0. The molecule has 5 N–H and O–H groups in total. The Morgan fingerprint density at radius 3 is 2.39 bits per heavy atom. The van der Waals surface area contributed by atoms with Gasteiger partial charge in [-0.2, -0.15) is 0 Å². The smallest absolute Gasteiger partial charge is 0.412 e. The molecular weight excluding hydrogens is 484 g/mol. The summed E-state index contributed by atoms with van der Waals surface area (Å²) in [5.74, 6) is 6.78. The minimum Gasteiger partial charge on any atom is -0.444 e. The second kappa shape index (κ2) is 12.9. The largest absolute Gasteiger partial charge is 0.444 e. The monoisotopic (exact) mass is 526 g/mol. The predicted molar refractivity (Wildman–Crippen MR) is 150 cm³/mol. The van der Waals surface area contributed by atoms with E-state index >= 15 is 0 Å². The van der Waals surface area contributed by atoms with Crippen molar-refractivity contribution in [2.45, 2.75) is 79.0 Å². The van der Waals surface area contributed by atoms with Gasteiger partial charge in [-0.3, -0.25) is 15.1 Å². The van der Waals surface area contributed by atoms with Crippen LogP contribution in [0.2, 0.25) is 0 Å². The molecule has 3 rings (SSSR count). The van der Waals surface area contributed by atoms with E-state index < -0.39 is 11.7 Å². The Bertz CT molecular complexity index is 1110. The highest BCUT2D eigenvalue weighted by Crippen LogP contribution is 2.32. The molecule has 1 fully saturated rings. The molecule has 38 heavy (non-hydrogen) atoms. The van der Waals surface area contributed by atoms with Crippen LogP contribution in [0.25, 0.3) is 0 Å². The topological polar surface area (TPSA) is 131 Å². The van der Waals surface area contributed by atoms with Gasteiger partial charge in [0.05, 0.1) is 0 Å². The number of rotatable bonds is 9. The van der Waals surface area contributed by atoms with Crippen molar-refractivity contribution in [1.82, 2.24) is 10.3 Å². The summed E-state index contributed by atoms with van der Waals surface area (Å²) in [6.07, 6.45) is 1.98. The number of anilines is 3. The zero-order valence-electron chi connectivity index (χ0n) is 23.4. The number of carbonyl (C=O) groups excluding carboxylic acids is 2. The van der Waals surface area contributed by atoms with E-state index in [2.05, 4.69) is 16.0 Å². The van der Waals surface area contributed by atoms with Gasteiger partial charge in [0, 0.05) is 66.1 Å². The molecule has 0 spiro atoms. The molecule has 2 aromatic rings. The quantitative estimate of drug-likeness (QED) is 0.277. The van der Waals surface area contributed by atoms with Crippen LogP contribution < -0.4 is 26.8 Å². The number of nitrogens with zero attached hydrogens (tertiary/aromatic N) is 2. The van der Waals surface area contributed by atoms with Crippen molar-refractivity contribution in [3.8, 4) is 0 Å². The van der Waals surface area contributed by atoms with E-state index in [0.717, 1.165) is 54.4 Å². The van der Waals surface area contributed by atoms with Crippen LogP contribution in [0.5, 0.6) is 0 Å². The lowest BCUT2D eigenvalue weighted by Gasteiger charge is -2.29. The number of amides is 2. The fourth-order valence-corrected chi connectivity index (χ4v) is 4.31. The van der Waals surface area contributed by atoms with Crippen molar-refractivity contribution in [3.05, 3.63) is 46.6 Å². The number of aromatic nitrogens is 1. The van der Waals surface area contributed by atoms with Crippen molar-refractivity contribution in [2.75, 3.05) is 35.4 Å². The molecule has 1 aliphatic heterocycles. The first-order valence-electron chi connectivity index (χ1n) is 13.3. The summed E-state index contributed by atoms with van der Waals surface area (Å²) in [6, 6.07) is 6.97. The Hall–Kier alpha value is -3.37. The van der Waals surface area contributed by atoms with Crippen LogP contribution in [0.3, 0.4) is 0 Å². The Balaban J connectivity index is 1.78. The summed E-state index contributed by atoms with van der Waals surface area (Å²) >= 11 is 0. The molecule has 0 saturated carbocycles. The highest BCUT2D eigenvalue weighted by Gasteiger charge is 2.23. The third-order valence-electron chi connectivity index (χ3n) is 6.34. The van der Waals surface area contributed by atoms with Crippen LogP contribution in [0.1, 0.15) is 74.6 Å². The molecule has 0 bridgehead atoms. The average molecular weight is 527 g/mol. The highest BCUT2D eigenvalue weighted by atomic mass is 16.6. The van der Waals surface area contributed by atoms with Gasteiger partial charge in [0.25, 0.3) is 5.91 Å². The Labute approximate surface area is 225 Å². The number of pyridine rings is 1. The highest BCUT2D eigenvalue weighted by molar-refractivity contribution is 5.95. The number of hydrogen-bond acceptors (Lipinski definition) is 8. The molecule has 2 heterocycles. The minimum atomic E-state index is -0.593. The van der Waals surface area contributed by atoms with E-state index in [1.807, 2.05) is 20.8 Å². The first-order chi connectivity index (χ1) is 18.0. The number of aryl methyl sites for hydroxylation is 1. The zero-order chi connectivity index (χ0) is 27.9. The van der Waals surface area contributed by atoms with Crippen molar-refractivity contribution in [2.24, 2.45) is 5.84 Å². The molecule has 10 nitrogen and oxygen atoms in total. The van der Waals surface area contributed by atoms with Gasteiger partial charge in [0.2, 0.25) is 0 Å². The predicted octanol–water partition coefficient (Wildman–Crippen LogP) is 4.52. The lowest BCUT2D eigenvalue weighted by molar-refractivity contribution is 0.0635. The summed E-state index contributed by atoms with van der Waals surface area (Å²) in [7, 11) is 0. The van der Waals surface area contributed by atoms with Crippen molar-refractivity contribution in [3.63, 3.8) is 0 Å². The maximum absolute atomic E-state index is 13.0. The first-order valence-corrected chi connectivity index (χ1v) is 13.3. The molecule has 10 heteroatoms. The molecule has 2 amide bonds. The third-order valence-corrected chi connectivity index (χ3v) is 6.34. The average Bonchev–Trinajstić information content (AvgIpc) is 2.88. The second-order valence-electron chi connectivity index (χ2n) is 10.4. The van der Waals surface area contributed by atoms with Gasteiger partial charge in [0.15, 0.2) is 0 Å². The van der Waals surface area contributed by atoms with Crippen LogP contribution in [0.4, 0.5) is 22.0 Å². The molecule has 1 saturated heterocycles. The molecular formula is C28H42N6O4. The molecule has 0 radical (unpaired) electrons. The fourth-order valence-electron chi connectivity index (χ4n) is 4.31. The van der Waals surface area contributed by atoms with Crippen molar-refractivity contribution in [1.29, 1.82) is 0 Å². The number of nitrogens with one attached hydrogen (secondary N) is 3. The van der Waals surface area contributed by atoms with E-state index in [9.17, 15) is 9.59 Å². The molecule has 0 aliphatic carbocycles. The number of benzene rings is 1. The maximum atomic E-state index is 13.0. The second-order valence-corrected chi connectivity index (χ2v) is 10.4. The van der Waals surface area contributed by atoms with Gasteiger partial charge in [-0.25, -0.2) is 15.6 Å². The lowest BCUT2D eigenvalue weighted by Crippen LogP contribution is -2.34. The van der Waals surface area contributed by atoms with E-state index in [1.165, 1.54) is 0 Å². The number of hydrogen-bond donors (Lipinski definition) is 4. The third kappa shape index (κ3) is 7.82. The Morgan fingerprint density at radius 2 is 1.82 bits per heavy atom. The number of nitrogens with two attached hydrogens (primary N) is 1. The summed E-state index contributed by atoms with van der Waals surface area (Å²) in [6.45, 7) is 13.8. The van der Waals surface area contributed by atoms with Crippen LogP contribution in [0, 0.1) is 6.92 Å². The van der Waals surface area contributed by atoms with Crippen LogP contribution >= 0.6 is 0 Å². The van der Waals surface area contributed by atoms with E-state index in [0.29, 0.717) is 30.8 Å². The zero-order valence-corrected chi connectivity index (χ0v) is 23.4. The van der Waals surface area contributed by atoms with E-state index in [1.54, 1.807) is 50.0 Å². The Morgan fingerprint density at radius 1 is 1.16 bits per heavy atom. The van der Waals surface area contributed by atoms with Crippen molar-refractivity contribution < 1.29 is 19.1 Å². The molecule has 1 aliphatic rings. The summed E-state index contributed by atoms with van der Waals surface area (Å²) < 4.78 is 10.8. The maximum Gasteiger partial charge on any atom is 0.412 e. The van der Waals surface area contributed by atoms with Crippen LogP contribution in [0.15, 0.2) is 24.3 Å². The molecule has 208 valence electrons. The Kier molecular flexibility index (Phi) is 9.93. The van der Waals surface area contributed by atoms with Crippen LogP contribution in [-0.4, -0.2) is 48.4 Å². The van der Waals surface area contributed by atoms with Gasteiger partial charge in [-0.05, 0) is 78.1 Å². The summed E-state index contributed by atoms with van der Waals surface area (Å²) in [5, 5.41) is 11.1. The molecule has 0 unspecified atom stereocenters. The van der Waals surface area contributed by atoms with Gasteiger partial charge in [0.1, 0.15) is 11.4 Å². The summed E-state index contributed by atoms with van der Waals surface area (Å²) in [5.41, 5.74) is 4.22. The van der Waals surface area contributed by atoms with Gasteiger partial charge < -0.3 is 20.1 Å². The number of hydrazine groups is 1. The molecule has 1 aromatic heterocycles. The number of carbonyl (C=O) groups is 2. The van der Waals surface area contributed by atoms with E-state index in [4.69, 9.17) is 20.3 Å².